The van der Waals surface area contributed by atoms with Gasteiger partial charge in [0.05, 0.1) is 5.02 Å². The van der Waals surface area contributed by atoms with Crippen LogP contribution in [0.5, 0.6) is 5.75 Å². The first-order valence-electron chi connectivity index (χ1n) is 6.26. The zero-order chi connectivity index (χ0) is 16.0. The number of rotatable bonds is 6. The predicted molar refractivity (Wildman–Crippen MR) is 76.0 cm³/mol. The standard InChI is InChI=1S/C13H17ClF2N2O3/c1-7(6-19)8(2)17-13(20)18-9-3-4-10(14)11(5-9)21-12(15)16/h3-5,7-8,12,19H,6H2,1-2H3,(H2,17,18,20)/t7-,8+/m1/s1. The summed E-state index contributed by atoms with van der Waals surface area (Å²) in [4.78, 5) is 11.7. The first-order valence-corrected chi connectivity index (χ1v) is 6.64. The summed E-state index contributed by atoms with van der Waals surface area (Å²) in [6, 6.07) is 3.23. The molecule has 2 amide bonds. The molecular weight excluding hydrogens is 306 g/mol. The number of amides is 2. The number of benzene rings is 1. The maximum absolute atomic E-state index is 12.2. The highest BCUT2D eigenvalue weighted by atomic mass is 35.5. The van der Waals surface area contributed by atoms with Gasteiger partial charge in [-0.2, -0.15) is 8.78 Å². The summed E-state index contributed by atoms with van der Waals surface area (Å²) in [7, 11) is 0. The van der Waals surface area contributed by atoms with E-state index in [1.165, 1.54) is 18.2 Å². The number of aliphatic hydroxyl groups is 1. The summed E-state index contributed by atoms with van der Waals surface area (Å²) < 4.78 is 28.6. The second-order valence-corrected chi connectivity index (χ2v) is 4.98. The van der Waals surface area contributed by atoms with Gasteiger partial charge < -0.3 is 20.5 Å². The molecule has 0 radical (unpaired) electrons. The summed E-state index contributed by atoms with van der Waals surface area (Å²) >= 11 is 5.71. The van der Waals surface area contributed by atoms with Crippen LogP contribution in [0, 0.1) is 5.92 Å². The predicted octanol–water partition coefficient (Wildman–Crippen LogP) is 3.08. The van der Waals surface area contributed by atoms with Gasteiger partial charge in [-0.25, -0.2) is 4.79 Å². The third-order valence-electron chi connectivity index (χ3n) is 2.91. The zero-order valence-corrected chi connectivity index (χ0v) is 12.3. The van der Waals surface area contributed by atoms with Crippen LogP contribution < -0.4 is 15.4 Å². The highest BCUT2D eigenvalue weighted by Crippen LogP contribution is 2.29. The summed E-state index contributed by atoms with van der Waals surface area (Å²) in [6.45, 7) is 0.460. The van der Waals surface area contributed by atoms with Crippen molar-refractivity contribution < 1.29 is 23.4 Å². The van der Waals surface area contributed by atoms with E-state index >= 15 is 0 Å². The topological polar surface area (TPSA) is 70.6 Å². The van der Waals surface area contributed by atoms with E-state index in [1.807, 2.05) is 0 Å². The van der Waals surface area contributed by atoms with Crippen molar-refractivity contribution in [3.05, 3.63) is 23.2 Å². The van der Waals surface area contributed by atoms with Gasteiger partial charge >= 0.3 is 12.6 Å². The van der Waals surface area contributed by atoms with Crippen molar-refractivity contribution in [1.82, 2.24) is 5.32 Å². The molecule has 0 saturated heterocycles. The molecule has 2 atom stereocenters. The lowest BCUT2D eigenvalue weighted by atomic mass is 10.1. The van der Waals surface area contributed by atoms with Gasteiger partial charge in [0, 0.05) is 24.4 Å². The van der Waals surface area contributed by atoms with E-state index in [0.29, 0.717) is 0 Å². The lowest BCUT2D eigenvalue weighted by molar-refractivity contribution is -0.0497. The van der Waals surface area contributed by atoms with Crippen LogP contribution in [0.15, 0.2) is 18.2 Å². The number of ether oxygens (including phenoxy) is 1. The van der Waals surface area contributed by atoms with Crippen molar-refractivity contribution in [2.24, 2.45) is 5.92 Å². The van der Waals surface area contributed by atoms with Crippen molar-refractivity contribution in [3.8, 4) is 5.75 Å². The summed E-state index contributed by atoms with van der Waals surface area (Å²) in [5.74, 6) is -0.333. The average molecular weight is 323 g/mol. The molecule has 1 rings (SSSR count). The fourth-order valence-corrected chi connectivity index (χ4v) is 1.60. The number of carbonyl (C=O) groups excluding carboxylic acids is 1. The Balaban J connectivity index is 2.68. The number of carbonyl (C=O) groups is 1. The number of anilines is 1. The fraction of sp³-hybridized carbons (Fsp3) is 0.462. The highest BCUT2D eigenvalue weighted by Gasteiger charge is 2.15. The molecule has 0 fully saturated rings. The second-order valence-electron chi connectivity index (χ2n) is 4.57. The lowest BCUT2D eigenvalue weighted by Gasteiger charge is -2.19. The van der Waals surface area contributed by atoms with Crippen molar-refractivity contribution in [1.29, 1.82) is 0 Å². The summed E-state index contributed by atoms with van der Waals surface area (Å²) in [5.41, 5.74) is 0.261. The molecule has 8 heteroatoms. The van der Waals surface area contributed by atoms with Crippen LogP contribution in [-0.2, 0) is 0 Å². The quantitative estimate of drug-likeness (QED) is 0.753. The molecule has 1 aromatic rings. The first-order chi connectivity index (χ1) is 9.83. The Hall–Kier alpha value is -1.60. The van der Waals surface area contributed by atoms with Crippen molar-refractivity contribution in [2.75, 3.05) is 11.9 Å². The van der Waals surface area contributed by atoms with Crippen LogP contribution in [0.3, 0.4) is 0 Å². The molecule has 0 aliphatic heterocycles. The van der Waals surface area contributed by atoms with Gasteiger partial charge in [0.15, 0.2) is 0 Å². The van der Waals surface area contributed by atoms with Crippen molar-refractivity contribution >= 4 is 23.3 Å². The smallest absolute Gasteiger partial charge is 0.387 e. The first kappa shape index (κ1) is 17.5. The van der Waals surface area contributed by atoms with Gasteiger partial charge in [-0.3, -0.25) is 0 Å². The molecule has 5 nitrogen and oxygen atoms in total. The van der Waals surface area contributed by atoms with E-state index in [9.17, 15) is 13.6 Å². The summed E-state index contributed by atoms with van der Waals surface area (Å²) in [6.07, 6.45) is 0. The number of hydrogen-bond donors (Lipinski definition) is 3. The average Bonchev–Trinajstić information content (AvgIpc) is 2.40. The van der Waals surface area contributed by atoms with Gasteiger partial charge in [-0.05, 0) is 25.0 Å². The molecule has 0 aromatic heterocycles. The molecular formula is C13H17ClF2N2O3. The number of urea groups is 1. The molecule has 3 N–H and O–H groups in total. The van der Waals surface area contributed by atoms with Crippen LogP contribution in [0.1, 0.15) is 13.8 Å². The highest BCUT2D eigenvalue weighted by molar-refractivity contribution is 6.32. The largest absolute Gasteiger partial charge is 0.433 e. The van der Waals surface area contributed by atoms with E-state index in [0.717, 1.165) is 0 Å². The Morgan fingerprint density at radius 3 is 2.67 bits per heavy atom. The number of nitrogens with one attached hydrogen (secondary N) is 2. The van der Waals surface area contributed by atoms with Crippen molar-refractivity contribution in [3.63, 3.8) is 0 Å². The molecule has 0 saturated carbocycles. The van der Waals surface area contributed by atoms with Gasteiger partial charge in [-0.15, -0.1) is 0 Å². The third kappa shape index (κ3) is 5.73. The summed E-state index contributed by atoms with van der Waals surface area (Å²) in [5, 5.41) is 14.1. The maximum Gasteiger partial charge on any atom is 0.387 e. The maximum atomic E-state index is 12.2. The Kier molecular flexibility index (Phi) is 6.64. The molecule has 21 heavy (non-hydrogen) atoms. The monoisotopic (exact) mass is 322 g/mol. The van der Waals surface area contributed by atoms with Crippen molar-refractivity contribution in [2.45, 2.75) is 26.5 Å². The normalized spacial score (nSPS) is 13.7. The number of halogens is 3. The Morgan fingerprint density at radius 2 is 2.10 bits per heavy atom. The Bertz CT molecular complexity index is 488. The van der Waals surface area contributed by atoms with E-state index in [-0.39, 0.29) is 35.0 Å². The molecule has 1 aromatic carbocycles. The number of aliphatic hydroxyl groups excluding tert-OH is 1. The van der Waals surface area contributed by atoms with Gasteiger partial charge in [0.2, 0.25) is 0 Å². The van der Waals surface area contributed by atoms with Crippen LogP contribution >= 0.6 is 11.6 Å². The van der Waals surface area contributed by atoms with Gasteiger partial charge in [0.1, 0.15) is 5.75 Å². The van der Waals surface area contributed by atoms with E-state index in [1.54, 1.807) is 13.8 Å². The third-order valence-corrected chi connectivity index (χ3v) is 3.22. The van der Waals surface area contributed by atoms with E-state index < -0.39 is 12.6 Å². The minimum atomic E-state index is -3.00. The minimum Gasteiger partial charge on any atom is -0.433 e. The Morgan fingerprint density at radius 1 is 1.43 bits per heavy atom. The number of alkyl halides is 2. The molecule has 0 heterocycles. The molecule has 0 bridgehead atoms. The molecule has 0 spiro atoms. The van der Waals surface area contributed by atoms with Gasteiger partial charge in [0.25, 0.3) is 0 Å². The molecule has 0 aliphatic carbocycles. The fourth-order valence-electron chi connectivity index (χ4n) is 1.44. The lowest BCUT2D eigenvalue weighted by Crippen LogP contribution is -2.40. The van der Waals surface area contributed by atoms with E-state index in [2.05, 4.69) is 15.4 Å². The van der Waals surface area contributed by atoms with Crippen LogP contribution in [-0.4, -0.2) is 30.4 Å². The van der Waals surface area contributed by atoms with Gasteiger partial charge in [-0.1, -0.05) is 18.5 Å². The van der Waals surface area contributed by atoms with Crippen LogP contribution in [0.25, 0.3) is 0 Å². The molecule has 0 unspecified atom stereocenters. The Labute approximate surface area is 126 Å². The zero-order valence-electron chi connectivity index (χ0n) is 11.6. The minimum absolute atomic E-state index is 0.0172. The molecule has 118 valence electrons. The second kappa shape index (κ2) is 7.99. The van der Waals surface area contributed by atoms with Crippen LogP contribution in [0.2, 0.25) is 5.02 Å². The SMILES string of the molecule is C[C@H](CO)[C@H](C)NC(=O)Nc1ccc(Cl)c(OC(F)F)c1. The molecule has 0 aliphatic rings. The van der Waals surface area contributed by atoms with Crippen LogP contribution in [0.4, 0.5) is 19.3 Å². The number of hydrogen-bond acceptors (Lipinski definition) is 3. The van der Waals surface area contributed by atoms with E-state index in [4.69, 9.17) is 16.7 Å².